The molecule has 0 saturated carbocycles. The largest absolute Gasteiger partial charge is 0.617 e. The molecule has 0 aliphatic heterocycles. The predicted molar refractivity (Wildman–Crippen MR) is 62.7 cm³/mol. The van der Waals surface area contributed by atoms with Crippen molar-refractivity contribution in [2.75, 3.05) is 18.6 Å². The van der Waals surface area contributed by atoms with Crippen LogP contribution in [0.15, 0.2) is 4.99 Å². The number of nitrogens with zero attached hydrogens (tertiary/aromatic N) is 2. The zero-order chi connectivity index (χ0) is 10.5. The van der Waals surface area contributed by atoms with Crippen LogP contribution in [-0.2, 0) is 11.2 Å². The molecular weight excluding hydrogens is 224 g/mol. The molecule has 6 heteroatoms. The summed E-state index contributed by atoms with van der Waals surface area (Å²) in [5.41, 5.74) is 0. The Labute approximate surface area is 92.8 Å². The fraction of sp³-hybridized carbons (Fsp3) is 0.714. The third-order valence-corrected chi connectivity index (χ3v) is 2.01. The van der Waals surface area contributed by atoms with E-state index in [1.807, 2.05) is 0 Å². The van der Waals surface area contributed by atoms with E-state index in [0.29, 0.717) is 0 Å². The Bertz CT molecular complexity index is 185. The molecule has 74 valence electrons. The molecule has 3 nitrogen and oxygen atoms in total. The van der Waals surface area contributed by atoms with E-state index in [9.17, 15) is 4.55 Å². The van der Waals surface area contributed by atoms with Crippen LogP contribution in [0.1, 0.15) is 12.8 Å². The highest BCUT2D eigenvalue weighted by molar-refractivity contribution is 7.90. The van der Waals surface area contributed by atoms with Crippen molar-refractivity contribution < 1.29 is 4.55 Å². The minimum atomic E-state index is -0.659. The summed E-state index contributed by atoms with van der Waals surface area (Å²) < 4.78 is 10.5. The van der Waals surface area contributed by atoms with Gasteiger partial charge in [0.25, 0.3) is 0 Å². The predicted octanol–water partition coefficient (Wildman–Crippen LogP) is 1.65. The number of thiocyanates is 1. The first-order valence-corrected chi connectivity index (χ1v) is 6.14. The SMILES string of the molecule is C[S+]([O-])CCCCN=C=S.N#CS. The maximum Gasteiger partial charge on any atom is 0.130 e. The Morgan fingerprint density at radius 2 is 2.15 bits per heavy atom. The van der Waals surface area contributed by atoms with Gasteiger partial charge >= 0.3 is 0 Å². The highest BCUT2D eigenvalue weighted by atomic mass is 32.2. The molecule has 0 bridgehead atoms. The van der Waals surface area contributed by atoms with Crippen molar-refractivity contribution in [2.45, 2.75) is 12.8 Å². The van der Waals surface area contributed by atoms with Crippen molar-refractivity contribution in [1.29, 1.82) is 5.26 Å². The molecule has 0 heterocycles. The Kier molecular flexibility index (Phi) is 17.2. The van der Waals surface area contributed by atoms with Crippen LogP contribution in [-0.4, -0.2) is 28.3 Å². The normalized spacial score (nSPS) is 10.0. The van der Waals surface area contributed by atoms with Crippen LogP contribution in [0.5, 0.6) is 0 Å². The highest BCUT2D eigenvalue weighted by Gasteiger charge is 1.94. The summed E-state index contributed by atoms with van der Waals surface area (Å²) in [5.74, 6) is 0.771. The molecule has 0 aliphatic carbocycles. The van der Waals surface area contributed by atoms with Crippen LogP contribution < -0.4 is 0 Å². The monoisotopic (exact) mass is 236 g/mol. The number of aliphatic imine (C=N–C) groups is 1. The lowest BCUT2D eigenvalue weighted by Crippen LogP contribution is -2.02. The topological polar surface area (TPSA) is 59.2 Å². The Balaban J connectivity index is 0. The molecule has 13 heavy (non-hydrogen) atoms. The molecule has 0 radical (unpaired) electrons. The summed E-state index contributed by atoms with van der Waals surface area (Å²) in [4.78, 5) is 3.73. The van der Waals surface area contributed by atoms with Crippen molar-refractivity contribution >= 4 is 41.2 Å². The smallest absolute Gasteiger partial charge is 0.130 e. The lowest BCUT2D eigenvalue weighted by atomic mass is 10.3. The summed E-state index contributed by atoms with van der Waals surface area (Å²) in [5, 5.41) is 10.9. The average molecular weight is 236 g/mol. The van der Waals surface area contributed by atoms with Crippen LogP contribution in [0.3, 0.4) is 0 Å². The van der Waals surface area contributed by atoms with Crippen LogP contribution in [0.4, 0.5) is 0 Å². The third-order valence-electron chi connectivity index (χ3n) is 1.02. The zero-order valence-electron chi connectivity index (χ0n) is 7.39. The Hall–Kier alpha value is -0.0500. The van der Waals surface area contributed by atoms with E-state index in [4.69, 9.17) is 5.26 Å². The maximum absolute atomic E-state index is 10.5. The van der Waals surface area contributed by atoms with Crippen molar-refractivity contribution in [3.05, 3.63) is 0 Å². The first-order valence-electron chi connectivity index (χ1n) is 3.55. The molecule has 0 fully saturated rings. The first-order chi connectivity index (χ1) is 6.18. The lowest BCUT2D eigenvalue weighted by molar-refractivity contribution is 0.596. The standard InChI is InChI=1S/C6H11NOS2.CHNS/c1-10(8)5-3-2-4-7-6-9;2-1-3/h2-5H2,1H3;3H. The van der Waals surface area contributed by atoms with Crippen molar-refractivity contribution in [1.82, 2.24) is 0 Å². The zero-order valence-corrected chi connectivity index (χ0v) is 9.92. The van der Waals surface area contributed by atoms with Crippen LogP contribution in [0.2, 0.25) is 0 Å². The summed E-state index contributed by atoms with van der Waals surface area (Å²) in [6.07, 6.45) is 3.63. The fourth-order valence-corrected chi connectivity index (χ4v) is 1.24. The van der Waals surface area contributed by atoms with Gasteiger partial charge in [-0.3, -0.25) is 0 Å². The minimum Gasteiger partial charge on any atom is -0.617 e. The number of thiocarbonyl (C=S) groups is 1. The summed E-state index contributed by atoms with van der Waals surface area (Å²) in [6, 6.07) is 0. The van der Waals surface area contributed by atoms with Gasteiger partial charge in [0.15, 0.2) is 0 Å². The van der Waals surface area contributed by atoms with Gasteiger partial charge in [-0.25, -0.2) is 4.99 Å². The maximum atomic E-state index is 10.5. The van der Waals surface area contributed by atoms with Gasteiger partial charge in [0.2, 0.25) is 0 Å². The average Bonchev–Trinajstić information content (AvgIpc) is 2.05. The van der Waals surface area contributed by atoms with Crippen LogP contribution in [0, 0.1) is 10.7 Å². The molecule has 0 aromatic carbocycles. The molecule has 0 N–H and O–H groups in total. The number of unbranched alkanes of at least 4 members (excludes halogenated alkanes) is 1. The van der Waals surface area contributed by atoms with Crippen LogP contribution >= 0.6 is 24.8 Å². The molecule has 0 aliphatic rings. The van der Waals surface area contributed by atoms with Gasteiger partial charge in [0.05, 0.1) is 11.4 Å². The van der Waals surface area contributed by atoms with Crippen molar-refractivity contribution in [3.8, 4) is 5.40 Å². The van der Waals surface area contributed by atoms with E-state index in [0.717, 1.165) is 25.1 Å². The summed E-state index contributed by atoms with van der Waals surface area (Å²) in [7, 11) is 0. The molecule has 1 atom stereocenters. The number of thiol groups is 1. The van der Waals surface area contributed by atoms with Gasteiger partial charge in [-0.15, -0.1) is 0 Å². The number of hydrogen-bond donors (Lipinski definition) is 1. The Morgan fingerprint density at radius 1 is 1.62 bits per heavy atom. The molecule has 0 aromatic heterocycles. The van der Waals surface area contributed by atoms with Gasteiger partial charge < -0.3 is 4.55 Å². The van der Waals surface area contributed by atoms with Gasteiger partial charge in [-0.2, -0.15) is 5.26 Å². The quantitative estimate of drug-likeness (QED) is 0.197. The van der Waals surface area contributed by atoms with Crippen molar-refractivity contribution in [2.24, 2.45) is 4.99 Å². The van der Waals surface area contributed by atoms with E-state index in [-0.39, 0.29) is 0 Å². The molecule has 0 spiro atoms. The molecule has 1 unspecified atom stereocenters. The molecular formula is C7H12N2OS3. The molecule has 0 rings (SSSR count). The lowest BCUT2D eigenvalue weighted by Gasteiger charge is -2.01. The summed E-state index contributed by atoms with van der Waals surface area (Å²) >= 11 is 6.81. The first kappa shape index (κ1) is 15.4. The number of rotatable bonds is 5. The van der Waals surface area contributed by atoms with E-state index in [2.05, 4.69) is 35.0 Å². The third kappa shape index (κ3) is 24.5. The second-order valence-electron chi connectivity index (χ2n) is 2.06. The molecule has 0 aromatic rings. The fourth-order valence-electron chi connectivity index (χ4n) is 0.542. The van der Waals surface area contributed by atoms with Gasteiger partial charge in [0, 0.05) is 6.54 Å². The van der Waals surface area contributed by atoms with Crippen LogP contribution in [0.25, 0.3) is 0 Å². The van der Waals surface area contributed by atoms with E-state index < -0.39 is 11.2 Å². The van der Waals surface area contributed by atoms with E-state index in [1.165, 1.54) is 5.40 Å². The number of isothiocyanates is 1. The second-order valence-corrected chi connectivity index (χ2v) is 3.99. The highest BCUT2D eigenvalue weighted by Crippen LogP contribution is 1.93. The number of nitriles is 1. The molecule has 0 saturated heterocycles. The van der Waals surface area contributed by atoms with E-state index >= 15 is 0 Å². The minimum absolute atomic E-state index is 0.659. The van der Waals surface area contributed by atoms with Gasteiger partial charge in [0.1, 0.15) is 11.2 Å². The summed E-state index contributed by atoms with van der Waals surface area (Å²) in [6.45, 7) is 0.723. The van der Waals surface area contributed by atoms with Gasteiger partial charge in [-0.05, 0) is 25.1 Å². The molecule has 0 amide bonds. The number of hydrogen-bond acceptors (Lipinski definition) is 5. The van der Waals surface area contributed by atoms with Gasteiger partial charge in [-0.1, -0.05) is 23.8 Å². The van der Waals surface area contributed by atoms with E-state index in [1.54, 1.807) is 6.26 Å². The second kappa shape index (κ2) is 14.5. The Morgan fingerprint density at radius 3 is 2.54 bits per heavy atom. The van der Waals surface area contributed by atoms with Crippen molar-refractivity contribution in [3.63, 3.8) is 0 Å².